The summed E-state index contributed by atoms with van der Waals surface area (Å²) in [4.78, 5) is 20.0. The molecule has 0 fully saturated rings. The van der Waals surface area contributed by atoms with Gasteiger partial charge < -0.3 is 10.6 Å². The van der Waals surface area contributed by atoms with E-state index in [4.69, 9.17) is 23.2 Å². The lowest BCUT2D eigenvalue weighted by atomic mass is 10.3. The van der Waals surface area contributed by atoms with Gasteiger partial charge in [0.05, 0.1) is 5.56 Å². The number of nitrogens with one attached hydrogen (secondary N) is 2. The number of anilines is 2. The Morgan fingerprint density at radius 1 is 1.10 bits per heavy atom. The van der Waals surface area contributed by atoms with Gasteiger partial charge >= 0.3 is 0 Å². The molecule has 21 heavy (non-hydrogen) atoms. The van der Waals surface area contributed by atoms with Crippen LogP contribution in [0.15, 0.2) is 30.6 Å². The van der Waals surface area contributed by atoms with E-state index in [1.54, 1.807) is 18.2 Å². The maximum atomic E-state index is 11.8. The molecule has 2 rings (SSSR count). The Morgan fingerprint density at radius 2 is 1.67 bits per heavy atom. The van der Waals surface area contributed by atoms with Crippen LogP contribution in [-0.2, 0) is 0 Å². The molecular weight excluding hydrogens is 311 g/mol. The number of rotatable bonds is 4. The molecule has 0 saturated heterocycles. The van der Waals surface area contributed by atoms with Gasteiger partial charge in [-0.25, -0.2) is 9.97 Å². The smallest absolute Gasteiger partial charge is 0.254 e. The van der Waals surface area contributed by atoms with Crippen LogP contribution in [0.3, 0.4) is 0 Å². The Labute approximate surface area is 132 Å². The average molecular weight is 325 g/mol. The standard InChI is InChI=1S/C14H14Cl2N4O/c1-8(2)19-13(21)9-6-17-14(18-7-9)20-12-4-10(15)3-11(16)5-12/h3-8H,1-2H3,(H,19,21)(H,17,18,20). The third kappa shape index (κ3) is 4.58. The minimum absolute atomic E-state index is 0.0592. The lowest BCUT2D eigenvalue weighted by Gasteiger charge is -2.09. The normalized spacial score (nSPS) is 10.5. The first-order valence-electron chi connectivity index (χ1n) is 6.30. The highest BCUT2D eigenvalue weighted by Crippen LogP contribution is 2.23. The molecule has 0 unspecified atom stereocenters. The average Bonchev–Trinajstić information content (AvgIpc) is 2.37. The van der Waals surface area contributed by atoms with E-state index in [2.05, 4.69) is 20.6 Å². The first-order chi connectivity index (χ1) is 9.94. The molecule has 1 amide bonds. The molecule has 1 aromatic carbocycles. The first kappa shape index (κ1) is 15.5. The number of benzene rings is 1. The molecule has 2 N–H and O–H groups in total. The second-order valence-corrected chi connectivity index (χ2v) is 5.58. The summed E-state index contributed by atoms with van der Waals surface area (Å²) in [5.74, 6) is 0.150. The van der Waals surface area contributed by atoms with Crippen LogP contribution in [-0.4, -0.2) is 21.9 Å². The Morgan fingerprint density at radius 3 is 2.19 bits per heavy atom. The van der Waals surface area contributed by atoms with Gasteiger partial charge in [-0.2, -0.15) is 0 Å². The van der Waals surface area contributed by atoms with E-state index in [0.29, 0.717) is 27.2 Å². The molecule has 110 valence electrons. The van der Waals surface area contributed by atoms with Crippen LogP contribution in [0.25, 0.3) is 0 Å². The molecule has 5 nitrogen and oxygen atoms in total. The van der Waals surface area contributed by atoms with Crippen molar-refractivity contribution >= 4 is 40.7 Å². The van der Waals surface area contributed by atoms with Crippen LogP contribution >= 0.6 is 23.2 Å². The summed E-state index contributed by atoms with van der Waals surface area (Å²) >= 11 is 11.8. The van der Waals surface area contributed by atoms with Crippen molar-refractivity contribution in [3.63, 3.8) is 0 Å². The van der Waals surface area contributed by atoms with Gasteiger partial charge in [-0.3, -0.25) is 4.79 Å². The van der Waals surface area contributed by atoms with E-state index >= 15 is 0 Å². The third-order valence-corrected chi connectivity index (χ3v) is 2.89. The summed E-state index contributed by atoms with van der Waals surface area (Å²) in [6, 6.07) is 5.10. The summed E-state index contributed by atoms with van der Waals surface area (Å²) in [5.41, 5.74) is 1.07. The molecule has 0 atom stereocenters. The maximum absolute atomic E-state index is 11.8. The molecule has 0 aliphatic rings. The van der Waals surface area contributed by atoms with E-state index in [0.717, 1.165) is 0 Å². The van der Waals surface area contributed by atoms with Crippen molar-refractivity contribution in [2.75, 3.05) is 5.32 Å². The summed E-state index contributed by atoms with van der Waals surface area (Å²) < 4.78 is 0. The molecule has 7 heteroatoms. The number of hydrogen-bond acceptors (Lipinski definition) is 4. The van der Waals surface area contributed by atoms with Gasteiger partial charge in [-0.15, -0.1) is 0 Å². The highest BCUT2D eigenvalue weighted by molar-refractivity contribution is 6.35. The van der Waals surface area contributed by atoms with Crippen LogP contribution in [0.2, 0.25) is 10.0 Å². The van der Waals surface area contributed by atoms with Crippen LogP contribution in [0.1, 0.15) is 24.2 Å². The Balaban J connectivity index is 2.10. The van der Waals surface area contributed by atoms with Gasteiger partial charge in [-0.05, 0) is 32.0 Å². The van der Waals surface area contributed by atoms with Crippen molar-refractivity contribution in [1.29, 1.82) is 0 Å². The van der Waals surface area contributed by atoms with Gasteiger partial charge in [0.25, 0.3) is 5.91 Å². The number of carbonyl (C=O) groups is 1. The monoisotopic (exact) mass is 324 g/mol. The Hall–Kier alpha value is -1.85. The van der Waals surface area contributed by atoms with Crippen molar-refractivity contribution in [3.05, 3.63) is 46.2 Å². The predicted molar refractivity (Wildman–Crippen MR) is 84.4 cm³/mol. The molecule has 0 bridgehead atoms. The molecule has 0 spiro atoms. The molecular formula is C14H14Cl2N4O. The van der Waals surface area contributed by atoms with Crippen molar-refractivity contribution < 1.29 is 4.79 Å². The fraction of sp³-hybridized carbons (Fsp3) is 0.214. The highest BCUT2D eigenvalue weighted by Gasteiger charge is 2.08. The van der Waals surface area contributed by atoms with Crippen LogP contribution in [0.5, 0.6) is 0 Å². The van der Waals surface area contributed by atoms with Gasteiger partial charge in [0.2, 0.25) is 5.95 Å². The zero-order chi connectivity index (χ0) is 15.4. The lowest BCUT2D eigenvalue weighted by Crippen LogP contribution is -2.30. The molecule has 0 radical (unpaired) electrons. The quantitative estimate of drug-likeness (QED) is 0.900. The fourth-order valence-corrected chi connectivity index (χ4v) is 2.14. The Bertz CT molecular complexity index is 624. The van der Waals surface area contributed by atoms with Gasteiger partial charge in [0, 0.05) is 34.2 Å². The highest BCUT2D eigenvalue weighted by atomic mass is 35.5. The SMILES string of the molecule is CC(C)NC(=O)c1cnc(Nc2cc(Cl)cc(Cl)c2)nc1. The summed E-state index contributed by atoms with van der Waals surface area (Å²) in [7, 11) is 0. The van der Waals surface area contributed by atoms with Crippen LogP contribution < -0.4 is 10.6 Å². The summed E-state index contributed by atoms with van der Waals surface area (Å²) in [5, 5.41) is 6.76. The number of hydrogen-bond donors (Lipinski definition) is 2. The lowest BCUT2D eigenvalue weighted by molar-refractivity contribution is 0.0942. The van der Waals surface area contributed by atoms with Crippen molar-refractivity contribution in [3.8, 4) is 0 Å². The molecule has 0 aliphatic heterocycles. The maximum Gasteiger partial charge on any atom is 0.254 e. The Kier molecular flexibility index (Phi) is 4.98. The fourth-order valence-electron chi connectivity index (χ4n) is 1.61. The second kappa shape index (κ2) is 6.74. The number of amides is 1. The zero-order valence-corrected chi connectivity index (χ0v) is 13.0. The number of nitrogens with zero attached hydrogens (tertiary/aromatic N) is 2. The molecule has 1 aromatic heterocycles. The van der Waals surface area contributed by atoms with Crippen LogP contribution in [0.4, 0.5) is 11.6 Å². The number of carbonyl (C=O) groups excluding carboxylic acids is 1. The van der Waals surface area contributed by atoms with E-state index in [1.807, 2.05) is 13.8 Å². The van der Waals surface area contributed by atoms with Gasteiger partial charge in [-0.1, -0.05) is 23.2 Å². The molecule has 2 aromatic rings. The minimum Gasteiger partial charge on any atom is -0.350 e. The van der Waals surface area contributed by atoms with E-state index in [1.165, 1.54) is 12.4 Å². The minimum atomic E-state index is -0.206. The van der Waals surface area contributed by atoms with E-state index in [9.17, 15) is 4.79 Å². The summed E-state index contributed by atoms with van der Waals surface area (Å²) in [6.45, 7) is 3.77. The van der Waals surface area contributed by atoms with E-state index in [-0.39, 0.29) is 11.9 Å². The van der Waals surface area contributed by atoms with Gasteiger partial charge in [0.15, 0.2) is 0 Å². The summed E-state index contributed by atoms with van der Waals surface area (Å²) in [6.07, 6.45) is 2.92. The van der Waals surface area contributed by atoms with Crippen molar-refractivity contribution in [1.82, 2.24) is 15.3 Å². The van der Waals surface area contributed by atoms with Gasteiger partial charge in [0.1, 0.15) is 0 Å². The van der Waals surface area contributed by atoms with Crippen LogP contribution in [0, 0.1) is 0 Å². The molecule has 0 aliphatic carbocycles. The van der Waals surface area contributed by atoms with E-state index < -0.39 is 0 Å². The molecule has 0 saturated carbocycles. The number of aromatic nitrogens is 2. The second-order valence-electron chi connectivity index (χ2n) is 4.71. The van der Waals surface area contributed by atoms with Crippen molar-refractivity contribution in [2.24, 2.45) is 0 Å². The molecule has 1 heterocycles. The largest absolute Gasteiger partial charge is 0.350 e. The zero-order valence-electron chi connectivity index (χ0n) is 11.5. The topological polar surface area (TPSA) is 66.9 Å². The first-order valence-corrected chi connectivity index (χ1v) is 7.05. The number of halogens is 2. The van der Waals surface area contributed by atoms with Crippen molar-refractivity contribution in [2.45, 2.75) is 19.9 Å². The third-order valence-electron chi connectivity index (χ3n) is 2.45. The predicted octanol–water partition coefficient (Wildman–Crippen LogP) is 3.67.